The van der Waals surface area contributed by atoms with E-state index in [0.29, 0.717) is 13.1 Å². The minimum atomic E-state index is -0.734. The van der Waals surface area contributed by atoms with Crippen molar-refractivity contribution in [2.24, 2.45) is 5.92 Å². The van der Waals surface area contributed by atoms with Crippen molar-refractivity contribution in [2.75, 3.05) is 39.3 Å². The zero-order valence-electron chi connectivity index (χ0n) is 17.6. The first-order valence-electron chi connectivity index (χ1n) is 9.92. The lowest BCUT2D eigenvalue weighted by Crippen LogP contribution is -2.50. The normalized spacial score (nSPS) is 16.3. The molecule has 3 rings (SSSR count). The Morgan fingerprint density at radius 2 is 1.76 bits per heavy atom. The number of likely N-dealkylation sites (tertiary alicyclic amines) is 1. The summed E-state index contributed by atoms with van der Waals surface area (Å²) in [5.41, 5.74) is 2.61. The third kappa shape index (κ3) is 4.71. The Morgan fingerprint density at radius 3 is 2.31 bits per heavy atom. The third-order valence-electron chi connectivity index (χ3n) is 5.73. The van der Waals surface area contributed by atoms with Crippen LogP contribution in [0.1, 0.15) is 28.8 Å². The molecule has 29 heavy (non-hydrogen) atoms. The lowest BCUT2D eigenvalue weighted by atomic mass is 9.88. The van der Waals surface area contributed by atoms with Gasteiger partial charge in [0.2, 0.25) is 0 Å². The standard InChI is InChI=1S/C23H30N2O4/c1-16-15-18(5-10-21(16)29-4)22(26)17-11-13-25(14-12-17)23(27)24(2)19-6-8-20(28-3)9-7-19/h5-10,15,17,23,27H,11-14H2,1-4H3. The molecule has 0 amide bonds. The van der Waals surface area contributed by atoms with Crippen LogP contribution in [0.25, 0.3) is 0 Å². The van der Waals surface area contributed by atoms with Crippen LogP contribution in [0.3, 0.4) is 0 Å². The van der Waals surface area contributed by atoms with Gasteiger partial charge in [-0.1, -0.05) is 0 Å². The second-order valence-electron chi connectivity index (χ2n) is 7.51. The van der Waals surface area contributed by atoms with E-state index in [0.717, 1.165) is 41.2 Å². The molecule has 0 spiro atoms. The molecule has 1 saturated heterocycles. The molecule has 0 aromatic heterocycles. The molecular formula is C23H30N2O4. The van der Waals surface area contributed by atoms with E-state index in [9.17, 15) is 9.90 Å². The van der Waals surface area contributed by atoms with Crippen molar-refractivity contribution in [1.29, 1.82) is 0 Å². The van der Waals surface area contributed by atoms with Crippen molar-refractivity contribution in [3.8, 4) is 11.5 Å². The maximum absolute atomic E-state index is 12.9. The smallest absolute Gasteiger partial charge is 0.186 e. The largest absolute Gasteiger partial charge is 0.497 e. The van der Waals surface area contributed by atoms with Crippen LogP contribution in [0.5, 0.6) is 11.5 Å². The van der Waals surface area contributed by atoms with Gasteiger partial charge in [0.25, 0.3) is 0 Å². The summed E-state index contributed by atoms with van der Waals surface area (Å²) in [5.74, 6) is 1.73. The van der Waals surface area contributed by atoms with E-state index in [1.165, 1.54) is 0 Å². The molecule has 2 aromatic rings. The number of hydrogen-bond donors (Lipinski definition) is 1. The number of hydrogen-bond acceptors (Lipinski definition) is 6. The van der Waals surface area contributed by atoms with E-state index in [2.05, 4.69) is 0 Å². The quantitative estimate of drug-likeness (QED) is 0.570. The fourth-order valence-corrected chi connectivity index (χ4v) is 3.86. The van der Waals surface area contributed by atoms with E-state index in [1.807, 2.05) is 66.2 Å². The highest BCUT2D eigenvalue weighted by Crippen LogP contribution is 2.27. The predicted octanol–water partition coefficient (Wildman–Crippen LogP) is 3.32. The second-order valence-corrected chi connectivity index (χ2v) is 7.51. The van der Waals surface area contributed by atoms with E-state index < -0.39 is 6.35 Å². The molecule has 0 bridgehead atoms. The van der Waals surface area contributed by atoms with Gasteiger partial charge in [-0.2, -0.15) is 0 Å². The molecule has 6 nitrogen and oxygen atoms in total. The first-order chi connectivity index (χ1) is 13.9. The van der Waals surface area contributed by atoms with Crippen LogP contribution >= 0.6 is 0 Å². The number of ether oxygens (including phenoxy) is 2. The summed E-state index contributed by atoms with van der Waals surface area (Å²) in [4.78, 5) is 16.7. The molecule has 2 aromatic carbocycles. The van der Waals surface area contributed by atoms with Crippen molar-refractivity contribution in [3.63, 3.8) is 0 Å². The molecule has 0 saturated carbocycles. The zero-order valence-corrected chi connectivity index (χ0v) is 17.6. The number of aliphatic hydroxyl groups is 1. The number of carbonyl (C=O) groups excluding carboxylic acids is 1. The molecule has 0 aliphatic carbocycles. The number of aryl methyl sites for hydroxylation is 1. The van der Waals surface area contributed by atoms with Crippen LogP contribution in [-0.4, -0.2) is 56.5 Å². The minimum absolute atomic E-state index is 0.0162. The minimum Gasteiger partial charge on any atom is -0.497 e. The van der Waals surface area contributed by atoms with Gasteiger partial charge in [0, 0.05) is 37.3 Å². The average Bonchev–Trinajstić information content (AvgIpc) is 2.77. The number of rotatable bonds is 7. The van der Waals surface area contributed by atoms with E-state index >= 15 is 0 Å². The maximum atomic E-state index is 12.9. The van der Waals surface area contributed by atoms with Crippen LogP contribution in [0.4, 0.5) is 5.69 Å². The van der Waals surface area contributed by atoms with Crippen molar-refractivity contribution in [1.82, 2.24) is 4.90 Å². The van der Waals surface area contributed by atoms with Crippen molar-refractivity contribution < 1.29 is 19.4 Å². The molecule has 156 valence electrons. The van der Waals surface area contributed by atoms with Gasteiger partial charge in [-0.3, -0.25) is 9.69 Å². The van der Waals surface area contributed by atoms with Crippen LogP contribution in [0, 0.1) is 12.8 Å². The number of ketones is 1. The Morgan fingerprint density at radius 1 is 1.10 bits per heavy atom. The molecule has 1 N–H and O–H groups in total. The van der Waals surface area contributed by atoms with Crippen molar-refractivity contribution in [3.05, 3.63) is 53.6 Å². The second kappa shape index (κ2) is 9.29. The Balaban J connectivity index is 1.59. The van der Waals surface area contributed by atoms with Crippen LogP contribution in [0.2, 0.25) is 0 Å². The summed E-state index contributed by atoms with van der Waals surface area (Å²) in [6.07, 6.45) is 0.733. The number of carbonyl (C=O) groups is 1. The maximum Gasteiger partial charge on any atom is 0.186 e. The molecule has 1 unspecified atom stereocenters. The summed E-state index contributed by atoms with van der Waals surface area (Å²) < 4.78 is 10.5. The Kier molecular flexibility index (Phi) is 6.77. The number of Topliss-reactive ketones (excluding diaryl/α,β-unsaturated/α-hetero) is 1. The van der Waals surface area contributed by atoms with Gasteiger partial charge in [0.15, 0.2) is 12.1 Å². The highest BCUT2D eigenvalue weighted by molar-refractivity contribution is 5.98. The fraction of sp³-hybridized carbons (Fsp3) is 0.435. The molecule has 1 aliphatic heterocycles. The Labute approximate surface area is 172 Å². The Hall–Kier alpha value is -2.57. The van der Waals surface area contributed by atoms with Gasteiger partial charge < -0.3 is 19.5 Å². The summed E-state index contributed by atoms with van der Waals surface area (Å²) in [5, 5.41) is 10.8. The third-order valence-corrected chi connectivity index (χ3v) is 5.73. The highest BCUT2D eigenvalue weighted by atomic mass is 16.5. The Bertz CT molecular complexity index is 829. The summed E-state index contributed by atoms with van der Waals surface area (Å²) in [7, 11) is 5.13. The van der Waals surface area contributed by atoms with Crippen molar-refractivity contribution >= 4 is 11.5 Å². The van der Waals surface area contributed by atoms with Gasteiger partial charge in [0.1, 0.15) is 11.5 Å². The van der Waals surface area contributed by atoms with Gasteiger partial charge in [-0.05, 0) is 67.8 Å². The molecule has 6 heteroatoms. The number of nitrogens with zero attached hydrogens (tertiary/aromatic N) is 2. The van der Waals surface area contributed by atoms with Crippen molar-refractivity contribution in [2.45, 2.75) is 26.1 Å². The molecule has 1 atom stereocenters. The predicted molar refractivity (Wildman–Crippen MR) is 114 cm³/mol. The first kappa shape index (κ1) is 21.1. The first-order valence-corrected chi connectivity index (χ1v) is 9.92. The van der Waals surface area contributed by atoms with E-state index in [-0.39, 0.29) is 11.7 Å². The van der Waals surface area contributed by atoms with E-state index in [4.69, 9.17) is 9.47 Å². The summed E-state index contributed by atoms with van der Waals surface area (Å²) in [6, 6.07) is 13.2. The fourth-order valence-electron chi connectivity index (χ4n) is 3.86. The average molecular weight is 399 g/mol. The number of benzene rings is 2. The lowest BCUT2D eigenvalue weighted by molar-refractivity contribution is -0.0136. The number of aliphatic hydroxyl groups excluding tert-OH is 1. The van der Waals surface area contributed by atoms with Crippen LogP contribution < -0.4 is 14.4 Å². The van der Waals surface area contributed by atoms with Crippen LogP contribution in [-0.2, 0) is 0 Å². The number of methoxy groups -OCH3 is 2. The zero-order chi connectivity index (χ0) is 21.0. The summed E-state index contributed by atoms with van der Waals surface area (Å²) >= 11 is 0. The SMILES string of the molecule is COc1ccc(N(C)C(O)N2CCC(C(=O)c3ccc(OC)c(C)c3)CC2)cc1. The van der Waals surface area contributed by atoms with Gasteiger partial charge in [0.05, 0.1) is 14.2 Å². The topological polar surface area (TPSA) is 62.2 Å². The summed E-state index contributed by atoms with van der Waals surface area (Å²) in [6.45, 7) is 3.30. The molecule has 0 radical (unpaired) electrons. The van der Waals surface area contributed by atoms with Crippen LogP contribution in [0.15, 0.2) is 42.5 Å². The van der Waals surface area contributed by atoms with Gasteiger partial charge >= 0.3 is 0 Å². The lowest BCUT2D eigenvalue weighted by Gasteiger charge is -2.39. The molecule has 1 heterocycles. The number of piperidine rings is 1. The monoisotopic (exact) mass is 398 g/mol. The highest BCUT2D eigenvalue weighted by Gasteiger charge is 2.30. The van der Waals surface area contributed by atoms with E-state index in [1.54, 1.807) is 14.2 Å². The molecular weight excluding hydrogens is 368 g/mol. The number of anilines is 1. The van der Waals surface area contributed by atoms with Gasteiger partial charge in [-0.15, -0.1) is 0 Å². The molecule has 1 fully saturated rings. The molecule has 1 aliphatic rings. The van der Waals surface area contributed by atoms with Gasteiger partial charge in [-0.25, -0.2) is 0 Å².